The Morgan fingerprint density at radius 3 is 2.38 bits per heavy atom. The van der Waals surface area contributed by atoms with E-state index in [1.54, 1.807) is 38.1 Å². The topological polar surface area (TPSA) is 95.9 Å². The quantitative estimate of drug-likeness (QED) is 0.822. The summed E-state index contributed by atoms with van der Waals surface area (Å²) in [7, 11) is 1.35. The molecule has 0 aromatic heterocycles. The van der Waals surface area contributed by atoms with Crippen LogP contribution in [0, 0.1) is 5.92 Å². The molecule has 1 aromatic rings. The lowest BCUT2D eigenvalue weighted by molar-refractivity contribution is -0.146. The molecule has 130 valence electrons. The van der Waals surface area contributed by atoms with Crippen molar-refractivity contribution in [2.75, 3.05) is 25.5 Å². The van der Waals surface area contributed by atoms with Crippen molar-refractivity contribution in [3.8, 4) is 0 Å². The summed E-state index contributed by atoms with van der Waals surface area (Å²) >= 11 is 0. The summed E-state index contributed by atoms with van der Waals surface area (Å²) in [6, 6.07) is 6.62. The number of hydrogen-bond donors (Lipinski definition) is 2. The first-order valence-electron chi connectivity index (χ1n) is 7.73. The molecule has 2 rings (SSSR count). The third kappa shape index (κ3) is 3.67. The zero-order valence-corrected chi connectivity index (χ0v) is 14.0. The summed E-state index contributed by atoms with van der Waals surface area (Å²) in [4.78, 5) is 36.4. The number of nitrogens with zero attached hydrogens (tertiary/aromatic N) is 1. The van der Waals surface area contributed by atoms with E-state index in [1.807, 2.05) is 0 Å². The summed E-state index contributed by atoms with van der Waals surface area (Å²) in [6.07, 6.45) is 0.467. The number of likely N-dealkylation sites (tertiary alicyclic amines) is 1. The summed E-state index contributed by atoms with van der Waals surface area (Å²) in [5.41, 5.74) is 0.587. The summed E-state index contributed by atoms with van der Waals surface area (Å²) in [6.45, 7) is 4.18. The molecule has 1 aromatic carbocycles. The maximum atomic E-state index is 12.2. The molecule has 0 radical (unpaired) electrons. The van der Waals surface area contributed by atoms with Crippen LogP contribution in [0.25, 0.3) is 0 Å². The van der Waals surface area contributed by atoms with Crippen LogP contribution in [-0.2, 0) is 19.7 Å². The Labute approximate surface area is 140 Å². The van der Waals surface area contributed by atoms with Crippen molar-refractivity contribution in [1.82, 2.24) is 4.90 Å². The number of urea groups is 1. The van der Waals surface area contributed by atoms with Crippen molar-refractivity contribution in [1.29, 1.82) is 0 Å². The van der Waals surface area contributed by atoms with E-state index in [9.17, 15) is 14.4 Å². The maximum Gasteiger partial charge on any atom is 0.321 e. The number of amides is 2. The fourth-order valence-electron chi connectivity index (χ4n) is 2.69. The SMILES string of the molecule is COC(=O)C(C)(C)c1ccc(NC(=O)N2CCC(C(=O)O)C2)cc1. The highest BCUT2D eigenvalue weighted by atomic mass is 16.5. The lowest BCUT2D eigenvalue weighted by atomic mass is 9.85. The van der Waals surface area contributed by atoms with E-state index in [-0.39, 0.29) is 18.5 Å². The van der Waals surface area contributed by atoms with E-state index in [0.717, 1.165) is 5.56 Å². The zero-order valence-electron chi connectivity index (χ0n) is 14.0. The second kappa shape index (κ2) is 6.90. The van der Waals surface area contributed by atoms with Gasteiger partial charge in [-0.2, -0.15) is 0 Å². The standard InChI is InChI=1S/C17H22N2O5/c1-17(2,15(22)24-3)12-4-6-13(7-5-12)18-16(23)19-9-8-11(10-19)14(20)21/h4-7,11H,8-10H2,1-3H3,(H,18,23)(H,20,21). The van der Waals surface area contributed by atoms with Crippen molar-refractivity contribution in [2.24, 2.45) is 5.92 Å². The van der Waals surface area contributed by atoms with Crippen molar-refractivity contribution in [2.45, 2.75) is 25.7 Å². The molecular formula is C17H22N2O5. The number of carboxylic acid groups (broad SMARTS) is 1. The van der Waals surface area contributed by atoms with Crippen molar-refractivity contribution in [3.63, 3.8) is 0 Å². The Hall–Kier alpha value is -2.57. The van der Waals surface area contributed by atoms with Crippen LogP contribution >= 0.6 is 0 Å². The molecule has 2 N–H and O–H groups in total. The number of ether oxygens (including phenoxy) is 1. The minimum atomic E-state index is -0.875. The molecule has 0 spiro atoms. The van der Waals surface area contributed by atoms with E-state index in [4.69, 9.17) is 9.84 Å². The average molecular weight is 334 g/mol. The number of methoxy groups -OCH3 is 1. The second-order valence-corrected chi connectivity index (χ2v) is 6.39. The number of anilines is 1. The van der Waals surface area contributed by atoms with Crippen LogP contribution in [0.15, 0.2) is 24.3 Å². The van der Waals surface area contributed by atoms with Gasteiger partial charge in [-0.3, -0.25) is 9.59 Å². The van der Waals surface area contributed by atoms with Crippen LogP contribution in [0.2, 0.25) is 0 Å². The molecule has 0 aliphatic carbocycles. The smallest absolute Gasteiger partial charge is 0.321 e. The first kappa shape index (κ1) is 17.8. The van der Waals surface area contributed by atoms with Gasteiger partial charge in [-0.15, -0.1) is 0 Å². The highest BCUT2D eigenvalue weighted by Gasteiger charge is 2.32. The van der Waals surface area contributed by atoms with Gasteiger partial charge in [0.2, 0.25) is 0 Å². The first-order chi connectivity index (χ1) is 11.3. The van der Waals surface area contributed by atoms with Crippen LogP contribution in [0.3, 0.4) is 0 Å². The molecule has 1 heterocycles. The Morgan fingerprint density at radius 1 is 1.25 bits per heavy atom. The highest BCUT2D eigenvalue weighted by molar-refractivity contribution is 5.90. The van der Waals surface area contributed by atoms with Gasteiger partial charge in [0, 0.05) is 18.8 Å². The number of hydrogen-bond acceptors (Lipinski definition) is 4. The van der Waals surface area contributed by atoms with Crippen LogP contribution in [-0.4, -0.2) is 48.2 Å². The molecule has 1 fully saturated rings. The van der Waals surface area contributed by atoms with Gasteiger partial charge in [0.1, 0.15) is 0 Å². The van der Waals surface area contributed by atoms with Gasteiger partial charge in [-0.1, -0.05) is 12.1 Å². The molecule has 1 atom stereocenters. The first-order valence-corrected chi connectivity index (χ1v) is 7.73. The van der Waals surface area contributed by atoms with Crippen LogP contribution in [0.4, 0.5) is 10.5 Å². The van der Waals surface area contributed by atoms with Crippen molar-refractivity contribution >= 4 is 23.7 Å². The zero-order chi connectivity index (χ0) is 17.9. The van der Waals surface area contributed by atoms with Crippen LogP contribution < -0.4 is 5.32 Å². The summed E-state index contributed by atoms with van der Waals surface area (Å²) < 4.78 is 4.80. The molecule has 1 aliphatic rings. The third-order valence-electron chi connectivity index (χ3n) is 4.38. The molecule has 2 amide bonds. The Morgan fingerprint density at radius 2 is 1.88 bits per heavy atom. The fourth-order valence-corrected chi connectivity index (χ4v) is 2.69. The van der Waals surface area contributed by atoms with Gasteiger partial charge in [-0.25, -0.2) is 4.79 Å². The van der Waals surface area contributed by atoms with Gasteiger partial charge < -0.3 is 20.1 Å². The minimum absolute atomic E-state index is 0.217. The number of carbonyl (C=O) groups is 3. The molecule has 1 saturated heterocycles. The van der Waals surface area contributed by atoms with E-state index < -0.39 is 17.3 Å². The predicted octanol–water partition coefficient (Wildman–Crippen LogP) is 2.08. The van der Waals surface area contributed by atoms with Gasteiger partial charge >= 0.3 is 18.0 Å². The molecule has 24 heavy (non-hydrogen) atoms. The molecule has 7 heteroatoms. The van der Waals surface area contributed by atoms with Crippen molar-refractivity contribution < 1.29 is 24.2 Å². The number of benzene rings is 1. The van der Waals surface area contributed by atoms with E-state index in [1.165, 1.54) is 12.0 Å². The predicted molar refractivity (Wildman–Crippen MR) is 87.8 cm³/mol. The highest BCUT2D eigenvalue weighted by Crippen LogP contribution is 2.26. The Kier molecular flexibility index (Phi) is 5.11. The van der Waals surface area contributed by atoms with Crippen molar-refractivity contribution in [3.05, 3.63) is 29.8 Å². The molecule has 0 bridgehead atoms. The van der Waals surface area contributed by atoms with Crippen LogP contribution in [0.5, 0.6) is 0 Å². The fraction of sp³-hybridized carbons (Fsp3) is 0.471. The molecule has 1 unspecified atom stereocenters. The third-order valence-corrected chi connectivity index (χ3v) is 4.38. The van der Waals surface area contributed by atoms with Crippen LogP contribution in [0.1, 0.15) is 25.8 Å². The maximum absolute atomic E-state index is 12.2. The molecule has 0 saturated carbocycles. The molecule has 7 nitrogen and oxygen atoms in total. The van der Waals surface area contributed by atoms with Gasteiger partial charge in [0.25, 0.3) is 0 Å². The Balaban J connectivity index is 2.01. The Bertz CT molecular complexity index is 639. The number of nitrogens with one attached hydrogen (secondary N) is 1. The van der Waals surface area contributed by atoms with Gasteiger partial charge in [-0.05, 0) is 38.0 Å². The number of carboxylic acids is 1. The number of carbonyl (C=O) groups excluding carboxylic acids is 2. The monoisotopic (exact) mass is 334 g/mol. The number of aliphatic carboxylic acids is 1. The van der Waals surface area contributed by atoms with E-state index >= 15 is 0 Å². The molecule has 1 aliphatic heterocycles. The number of esters is 1. The normalized spacial score (nSPS) is 17.5. The van der Waals surface area contributed by atoms with E-state index in [0.29, 0.717) is 18.7 Å². The second-order valence-electron chi connectivity index (χ2n) is 6.39. The van der Waals surface area contributed by atoms with Gasteiger partial charge in [0.15, 0.2) is 0 Å². The lowest BCUT2D eigenvalue weighted by Gasteiger charge is -2.22. The largest absolute Gasteiger partial charge is 0.481 e. The van der Waals surface area contributed by atoms with Gasteiger partial charge in [0.05, 0.1) is 18.4 Å². The minimum Gasteiger partial charge on any atom is -0.481 e. The van der Waals surface area contributed by atoms with E-state index in [2.05, 4.69) is 5.32 Å². The average Bonchev–Trinajstić information content (AvgIpc) is 3.05. The summed E-state index contributed by atoms with van der Waals surface area (Å²) in [5.74, 6) is -1.71. The number of rotatable bonds is 4. The molecular weight excluding hydrogens is 312 g/mol. The lowest BCUT2D eigenvalue weighted by Crippen LogP contribution is -2.34. The summed E-state index contributed by atoms with van der Waals surface area (Å²) in [5, 5.41) is 11.7.